The summed E-state index contributed by atoms with van der Waals surface area (Å²) >= 11 is 1.62. The lowest BCUT2D eigenvalue weighted by atomic mass is 9.72. The second kappa shape index (κ2) is 10.7. The van der Waals surface area contributed by atoms with Crippen LogP contribution in [0.3, 0.4) is 0 Å². The van der Waals surface area contributed by atoms with Gasteiger partial charge in [-0.05, 0) is 72.1 Å². The maximum absolute atomic E-state index is 13.6. The summed E-state index contributed by atoms with van der Waals surface area (Å²) in [5, 5.41) is 3.78. The number of fused-ring (bicyclic) bond motifs is 1. The second-order valence-electron chi connectivity index (χ2n) is 10.0. The van der Waals surface area contributed by atoms with Gasteiger partial charge in [-0.2, -0.15) is 0 Å². The summed E-state index contributed by atoms with van der Waals surface area (Å²) in [7, 11) is 4.82. The fraction of sp³-hybridized carbons (Fsp3) is 0.379. The van der Waals surface area contributed by atoms with E-state index < -0.39 is 0 Å². The quantitative estimate of drug-likeness (QED) is 0.353. The Morgan fingerprint density at radius 1 is 1.03 bits per heavy atom. The molecule has 190 valence electrons. The van der Waals surface area contributed by atoms with Gasteiger partial charge in [-0.3, -0.25) is 4.79 Å². The highest BCUT2D eigenvalue weighted by Crippen LogP contribution is 2.45. The first kappa shape index (κ1) is 25.8. The van der Waals surface area contributed by atoms with Gasteiger partial charge < -0.3 is 19.5 Å². The number of carbonyl (C=O) groups excluding carboxylic acids is 1. The molecule has 1 amide bonds. The topological polar surface area (TPSA) is 69.2 Å². The minimum Gasteiger partial charge on any atom is -0.495 e. The first-order valence-corrected chi connectivity index (χ1v) is 12.9. The molecule has 0 radical (unpaired) electrons. The number of nitrogens with one attached hydrogen (secondary N) is 1. The van der Waals surface area contributed by atoms with Crippen LogP contribution in [0, 0.1) is 11.3 Å². The van der Waals surface area contributed by atoms with E-state index in [9.17, 15) is 4.79 Å². The number of hydrogen-bond acceptors (Lipinski definition) is 6. The highest BCUT2D eigenvalue weighted by molar-refractivity contribution is 7.16. The van der Waals surface area contributed by atoms with Crippen LogP contribution in [0.25, 0.3) is 0 Å². The number of ether oxygens (including phenoxy) is 3. The van der Waals surface area contributed by atoms with E-state index in [-0.39, 0.29) is 11.3 Å². The van der Waals surface area contributed by atoms with Crippen LogP contribution in [0.5, 0.6) is 17.2 Å². The molecule has 1 aliphatic rings. The summed E-state index contributed by atoms with van der Waals surface area (Å²) in [5.74, 6) is 2.32. The fourth-order valence-corrected chi connectivity index (χ4v) is 5.90. The first-order valence-electron chi connectivity index (χ1n) is 12.1. The lowest BCUT2D eigenvalue weighted by Gasteiger charge is -2.33. The van der Waals surface area contributed by atoms with Crippen molar-refractivity contribution in [2.24, 2.45) is 16.3 Å². The number of hydrogen-bond donors (Lipinski definition) is 1. The van der Waals surface area contributed by atoms with Crippen molar-refractivity contribution in [2.45, 2.75) is 40.0 Å². The molecule has 36 heavy (non-hydrogen) atoms. The Labute approximate surface area is 217 Å². The molecular formula is C29H34N2O4S. The van der Waals surface area contributed by atoms with Crippen molar-refractivity contribution >= 4 is 34.1 Å². The largest absolute Gasteiger partial charge is 0.495 e. The first-order chi connectivity index (χ1) is 17.2. The molecule has 1 N–H and O–H groups in total. The normalized spacial score (nSPS) is 15.4. The van der Waals surface area contributed by atoms with Crippen molar-refractivity contribution in [3.8, 4) is 17.2 Å². The van der Waals surface area contributed by atoms with Crippen LogP contribution >= 0.6 is 11.3 Å². The van der Waals surface area contributed by atoms with Gasteiger partial charge in [-0.25, -0.2) is 4.99 Å². The molecule has 7 heteroatoms. The van der Waals surface area contributed by atoms with Gasteiger partial charge in [0.25, 0.3) is 5.91 Å². The Kier molecular flexibility index (Phi) is 7.69. The number of benzene rings is 2. The van der Waals surface area contributed by atoms with E-state index in [0.29, 0.717) is 34.4 Å². The van der Waals surface area contributed by atoms with Gasteiger partial charge in [0.05, 0.1) is 32.6 Å². The smallest absolute Gasteiger partial charge is 0.259 e. The molecule has 1 atom stereocenters. The zero-order chi connectivity index (χ0) is 25.9. The van der Waals surface area contributed by atoms with Crippen LogP contribution in [0.2, 0.25) is 0 Å². The number of amides is 1. The lowest BCUT2D eigenvalue weighted by Crippen LogP contribution is -2.27. The third-order valence-corrected chi connectivity index (χ3v) is 7.95. The average Bonchev–Trinajstić information content (AvgIpc) is 3.24. The maximum atomic E-state index is 13.6. The monoisotopic (exact) mass is 506 g/mol. The van der Waals surface area contributed by atoms with E-state index in [1.165, 1.54) is 4.88 Å². The van der Waals surface area contributed by atoms with E-state index >= 15 is 0 Å². The number of para-hydroxylation sites is 2. The highest BCUT2D eigenvalue weighted by atomic mass is 32.1. The zero-order valence-corrected chi connectivity index (χ0v) is 22.6. The molecule has 1 aromatic heterocycles. The molecule has 0 saturated carbocycles. The van der Waals surface area contributed by atoms with E-state index in [1.807, 2.05) is 42.5 Å². The lowest BCUT2D eigenvalue weighted by molar-refractivity contribution is 0.102. The molecule has 0 spiro atoms. The van der Waals surface area contributed by atoms with Crippen molar-refractivity contribution in [3.05, 3.63) is 64.0 Å². The van der Waals surface area contributed by atoms with Gasteiger partial charge in [-0.15, -0.1) is 11.3 Å². The summed E-state index contributed by atoms with van der Waals surface area (Å²) in [6.45, 7) is 6.88. The Morgan fingerprint density at radius 3 is 2.44 bits per heavy atom. The third-order valence-electron chi connectivity index (χ3n) is 6.79. The third kappa shape index (κ3) is 5.41. The van der Waals surface area contributed by atoms with Gasteiger partial charge in [0.15, 0.2) is 11.5 Å². The molecule has 0 bridgehead atoms. The Hall–Kier alpha value is -3.32. The standard InChI is InChI=1S/C29H34N2O4S/c1-29(2,3)19-12-13-20-25(16-19)36-28(30-17-18-11-14-23(34-5)24(15-18)35-6)26(20)27(32)31-21-9-7-8-10-22(21)33-4/h7-11,14-15,17,19H,12-13,16H2,1-6H3,(H,31,32)/t19-/m0/s1. The van der Waals surface area contributed by atoms with E-state index in [0.717, 1.165) is 35.4 Å². The molecule has 3 aromatic rings. The van der Waals surface area contributed by atoms with Crippen molar-refractivity contribution in [1.29, 1.82) is 0 Å². The summed E-state index contributed by atoms with van der Waals surface area (Å²) < 4.78 is 16.2. The molecule has 0 saturated heterocycles. The number of thiophene rings is 1. The van der Waals surface area contributed by atoms with Gasteiger partial charge in [0, 0.05) is 11.1 Å². The van der Waals surface area contributed by atoms with E-state index in [2.05, 4.69) is 26.1 Å². The van der Waals surface area contributed by atoms with Crippen molar-refractivity contribution < 1.29 is 19.0 Å². The summed E-state index contributed by atoms with van der Waals surface area (Å²) in [6.07, 6.45) is 4.67. The predicted octanol–water partition coefficient (Wildman–Crippen LogP) is 6.93. The Morgan fingerprint density at radius 2 is 1.75 bits per heavy atom. The highest BCUT2D eigenvalue weighted by Gasteiger charge is 2.33. The minimum atomic E-state index is -0.161. The van der Waals surface area contributed by atoms with E-state index in [1.54, 1.807) is 38.9 Å². The van der Waals surface area contributed by atoms with Crippen LogP contribution in [-0.2, 0) is 12.8 Å². The summed E-state index contributed by atoms with van der Waals surface area (Å²) in [5.41, 5.74) is 3.49. The van der Waals surface area contributed by atoms with Gasteiger partial charge >= 0.3 is 0 Å². The number of aliphatic imine (C=N–C) groups is 1. The van der Waals surface area contributed by atoms with Gasteiger partial charge in [0.1, 0.15) is 10.8 Å². The average molecular weight is 507 g/mol. The molecule has 1 heterocycles. The molecule has 6 nitrogen and oxygen atoms in total. The molecule has 1 aliphatic carbocycles. The second-order valence-corrected chi connectivity index (χ2v) is 11.1. The van der Waals surface area contributed by atoms with Crippen LogP contribution < -0.4 is 19.5 Å². The van der Waals surface area contributed by atoms with Crippen LogP contribution in [-0.4, -0.2) is 33.5 Å². The minimum absolute atomic E-state index is 0.161. The molecule has 4 rings (SSSR count). The molecule has 0 aliphatic heterocycles. The van der Waals surface area contributed by atoms with Crippen molar-refractivity contribution in [1.82, 2.24) is 0 Å². The number of rotatable bonds is 7. The molecule has 2 aromatic carbocycles. The number of nitrogens with zero attached hydrogens (tertiary/aromatic N) is 1. The Balaban J connectivity index is 1.72. The number of carbonyl (C=O) groups is 1. The number of methoxy groups -OCH3 is 3. The fourth-order valence-electron chi connectivity index (χ4n) is 4.63. The SMILES string of the molecule is COc1ccccc1NC(=O)c1c(N=Cc2ccc(OC)c(OC)c2)sc2c1CC[C@H](C(C)(C)C)C2. The van der Waals surface area contributed by atoms with Gasteiger partial charge in [0.2, 0.25) is 0 Å². The maximum Gasteiger partial charge on any atom is 0.259 e. The summed E-state index contributed by atoms with van der Waals surface area (Å²) in [4.78, 5) is 19.7. The summed E-state index contributed by atoms with van der Waals surface area (Å²) in [6, 6.07) is 13.1. The Bertz CT molecular complexity index is 1270. The van der Waals surface area contributed by atoms with E-state index in [4.69, 9.17) is 19.2 Å². The van der Waals surface area contributed by atoms with Crippen LogP contribution in [0.1, 0.15) is 53.6 Å². The molecule has 0 unspecified atom stereocenters. The van der Waals surface area contributed by atoms with Crippen LogP contribution in [0.4, 0.5) is 10.7 Å². The van der Waals surface area contributed by atoms with Crippen molar-refractivity contribution in [2.75, 3.05) is 26.6 Å². The molecule has 0 fully saturated rings. The molecular weight excluding hydrogens is 472 g/mol. The number of anilines is 1. The zero-order valence-electron chi connectivity index (χ0n) is 21.8. The van der Waals surface area contributed by atoms with Gasteiger partial charge in [-0.1, -0.05) is 32.9 Å². The predicted molar refractivity (Wildman–Crippen MR) is 147 cm³/mol. The van der Waals surface area contributed by atoms with Crippen LogP contribution in [0.15, 0.2) is 47.5 Å². The van der Waals surface area contributed by atoms with Crippen molar-refractivity contribution in [3.63, 3.8) is 0 Å².